The van der Waals surface area contributed by atoms with Crippen molar-refractivity contribution in [2.45, 2.75) is 19.4 Å². The third-order valence-electron chi connectivity index (χ3n) is 0.498. The maximum Gasteiger partial charge on any atom is 0.0824 e. The van der Waals surface area contributed by atoms with Crippen molar-refractivity contribution in [3.8, 4) is 0 Å². The van der Waals surface area contributed by atoms with E-state index in [0.717, 1.165) is 0 Å². The van der Waals surface area contributed by atoms with Crippen molar-refractivity contribution in [3.63, 3.8) is 0 Å². The zero-order valence-corrected chi connectivity index (χ0v) is 8.02. The van der Waals surface area contributed by atoms with Crippen LogP contribution < -0.4 is 0 Å². The van der Waals surface area contributed by atoms with E-state index in [1.165, 1.54) is 0 Å². The van der Waals surface area contributed by atoms with Gasteiger partial charge in [-0.15, -0.1) is 0 Å². The van der Waals surface area contributed by atoms with Gasteiger partial charge in [-0.05, 0) is 13.8 Å². The first-order valence-corrected chi connectivity index (χ1v) is 2.27. The van der Waals surface area contributed by atoms with Crippen LogP contribution in [0.4, 0.5) is 0 Å². The van der Waals surface area contributed by atoms with E-state index in [4.69, 9.17) is 5.11 Å². The second-order valence-corrected chi connectivity index (χ2v) is 2.25. The van der Waals surface area contributed by atoms with E-state index < -0.39 is 5.60 Å². The van der Waals surface area contributed by atoms with E-state index in [0.29, 0.717) is 6.61 Å². The summed E-state index contributed by atoms with van der Waals surface area (Å²) in [6.45, 7) is 3.81. The third-order valence-corrected chi connectivity index (χ3v) is 0.498. The van der Waals surface area contributed by atoms with Crippen LogP contribution in [0.5, 0.6) is 0 Å². The van der Waals surface area contributed by atoms with Gasteiger partial charge in [0.05, 0.1) is 12.2 Å². The monoisotopic (exact) mass is 194 g/mol. The Morgan fingerprint density at radius 1 is 1.50 bits per heavy atom. The van der Waals surface area contributed by atoms with Crippen molar-refractivity contribution in [1.29, 1.82) is 0 Å². The van der Waals surface area contributed by atoms with E-state index in [1.54, 1.807) is 21.0 Å². The fourth-order valence-electron chi connectivity index (χ4n) is 0.353. The van der Waals surface area contributed by atoms with Gasteiger partial charge in [0.2, 0.25) is 0 Å². The van der Waals surface area contributed by atoms with Crippen LogP contribution in [0.25, 0.3) is 0 Å². The van der Waals surface area contributed by atoms with Gasteiger partial charge in [0.25, 0.3) is 0 Å². The first kappa shape index (κ1) is 11.6. The van der Waals surface area contributed by atoms with Crippen molar-refractivity contribution >= 4 is 0 Å². The molecule has 48 valence electrons. The average Bonchev–Trinajstić information content (AvgIpc) is 1.30. The van der Waals surface area contributed by atoms with Crippen LogP contribution >= 0.6 is 0 Å². The maximum atomic E-state index is 8.89. The molecule has 0 aromatic heterocycles. The largest absolute Gasteiger partial charge is 0.388 e. The van der Waals surface area contributed by atoms with Gasteiger partial charge in [0, 0.05) is 33.3 Å². The molecule has 0 spiro atoms. The van der Waals surface area contributed by atoms with Crippen LogP contribution in [-0.4, -0.2) is 24.4 Å². The molecule has 0 saturated carbocycles. The summed E-state index contributed by atoms with van der Waals surface area (Å²) in [4.78, 5) is 0. The molecule has 0 bridgehead atoms. The van der Waals surface area contributed by atoms with Crippen LogP contribution in [0, 0.1) is 0 Å². The number of rotatable bonds is 2. The minimum atomic E-state index is -0.672. The molecular formula is C5H12O2Zr. The maximum absolute atomic E-state index is 8.89. The molecule has 1 N–H and O–H groups in total. The third kappa shape index (κ3) is 9.93. The van der Waals surface area contributed by atoms with Gasteiger partial charge in [-0.3, -0.25) is 0 Å². The van der Waals surface area contributed by atoms with E-state index >= 15 is 0 Å². The SMILES string of the molecule is COCC(C)(C)O.[Zr]. The van der Waals surface area contributed by atoms with Gasteiger partial charge in [-0.1, -0.05) is 0 Å². The van der Waals surface area contributed by atoms with Crippen LogP contribution in [0.2, 0.25) is 0 Å². The molecule has 8 heavy (non-hydrogen) atoms. The number of methoxy groups -OCH3 is 1. The van der Waals surface area contributed by atoms with E-state index in [-0.39, 0.29) is 26.2 Å². The fraction of sp³-hybridized carbons (Fsp3) is 1.00. The average molecular weight is 195 g/mol. The molecule has 0 saturated heterocycles. The Hall–Kier alpha value is 0.803. The zero-order chi connectivity index (χ0) is 5.91. The minimum Gasteiger partial charge on any atom is -0.388 e. The molecule has 0 unspecified atom stereocenters. The Bertz CT molecular complexity index is 48.9. The number of hydrogen-bond donors (Lipinski definition) is 1. The first-order valence-electron chi connectivity index (χ1n) is 2.27. The molecule has 0 fully saturated rings. The van der Waals surface area contributed by atoms with Crippen LogP contribution in [0.3, 0.4) is 0 Å². The predicted octanol–water partition coefficient (Wildman–Crippen LogP) is 0.401. The van der Waals surface area contributed by atoms with Crippen molar-refractivity contribution < 1.29 is 36.0 Å². The van der Waals surface area contributed by atoms with E-state index in [1.807, 2.05) is 0 Å². The Morgan fingerprint density at radius 3 is 1.88 bits per heavy atom. The Labute approximate surface area is 69.4 Å². The van der Waals surface area contributed by atoms with Crippen LogP contribution in [0.1, 0.15) is 13.8 Å². The summed E-state index contributed by atoms with van der Waals surface area (Å²) >= 11 is 0. The van der Waals surface area contributed by atoms with Crippen molar-refractivity contribution in [1.82, 2.24) is 0 Å². The molecule has 0 aromatic rings. The minimum absolute atomic E-state index is 0. The Balaban J connectivity index is 0. The standard InChI is InChI=1S/C5H12O2.Zr/c1-5(2,6)4-7-3;/h6H,4H2,1-3H3;. The topological polar surface area (TPSA) is 29.5 Å². The van der Waals surface area contributed by atoms with E-state index in [9.17, 15) is 0 Å². The van der Waals surface area contributed by atoms with Gasteiger partial charge >= 0.3 is 0 Å². The zero-order valence-electron chi connectivity index (χ0n) is 5.56. The molecule has 0 aliphatic heterocycles. The molecule has 0 aromatic carbocycles. The first-order chi connectivity index (χ1) is 3.06. The predicted molar refractivity (Wildman–Crippen MR) is 28.2 cm³/mol. The Kier molecular flexibility index (Phi) is 6.75. The second-order valence-electron chi connectivity index (χ2n) is 2.25. The number of aliphatic hydroxyl groups is 1. The summed E-state index contributed by atoms with van der Waals surface area (Å²) in [6.07, 6.45) is 0. The summed E-state index contributed by atoms with van der Waals surface area (Å²) in [5, 5.41) is 8.89. The van der Waals surface area contributed by atoms with Gasteiger partial charge in [-0.25, -0.2) is 0 Å². The van der Waals surface area contributed by atoms with Gasteiger partial charge in [0.1, 0.15) is 0 Å². The molecular weight excluding hydrogens is 183 g/mol. The quantitative estimate of drug-likeness (QED) is 0.691. The smallest absolute Gasteiger partial charge is 0.0824 e. The summed E-state index contributed by atoms with van der Waals surface area (Å²) in [5.41, 5.74) is -0.672. The molecule has 0 radical (unpaired) electrons. The molecule has 0 atom stereocenters. The molecule has 0 amide bonds. The van der Waals surface area contributed by atoms with Crippen molar-refractivity contribution in [3.05, 3.63) is 0 Å². The number of hydrogen-bond acceptors (Lipinski definition) is 2. The molecule has 0 aliphatic carbocycles. The van der Waals surface area contributed by atoms with Gasteiger partial charge in [0.15, 0.2) is 0 Å². The van der Waals surface area contributed by atoms with Crippen LogP contribution in [0.15, 0.2) is 0 Å². The number of ether oxygens (including phenoxy) is 1. The van der Waals surface area contributed by atoms with Crippen molar-refractivity contribution in [2.24, 2.45) is 0 Å². The Morgan fingerprint density at radius 2 is 1.88 bits per heavy atom. The fourth-order valence-corrected chi connectivity index (χ4v) is 0.353. The molecule has 0 rings (SSSR count). The molecule has 2 nitrogen and oxygen atoms in total. The second kappa shape index (κ2) is 4.66. The summed E-state index contributed by atoms with van der Waals surface area (Å²) < 4.78 is 4.66. The summed E-state index contributed by atoms with van der Waals surface area (Å²) in [7, 11) is 1.57. The summed E-state index contributed by atoms with van der Waals surface area (Å²) in [6, 6.07) is 0. The molecule has 0 aliphatic rings. The normalized spacial score (nSPS) is 10.5. The molecule has 3 heteroatoms. The van der Waals surface area contributed by atoms with E-state index in [2.05, 4.69) is 4.74 Å². The van der Waals surface area contributed by atoms with Crippen molar-refractivity contribution in [2.75, 3.05) is 13.7 Å². The van der Waals surface area contributed by atoms with Crippen LogP contribution in [-0.2, 0) is 30.9 Å². The molecule has 0 heterocycles. The van der Waals surface area contributed by atoms with Gasteiger partial charge < -0.3 is 9.84 Å². The van der Waals surface area contributed by atoms with Gasteiger partial charge in [-0.2, -0.15) is 0 Å². The summed E-state index contributed by atoms with van der Waals surface area (Å²) in [5.74, 6) is 0.